The van der Waals surface area contributed by atoms with Crippen LogP contribution in [-0.2, 0) is 9.53 Å². The minimum atomic E-state index is -8.18. The van der Waals surface area contributed by atoms with Crippen molar-refractivity contribution in [1.82, 2.24) is 5.32 Å². The van der Waals surface area contributed by atoms with Gasteiger partial charge in [0.2, 0.25) is 0 Å². The number of rotatable bonds is 8. The molecule has 0 aromatic heterocycles. The first-order valence-electron chi connectivity index (χ1n) is 6.37. The van der Waals surface area contributed by atoms with E-state index in [0.29, 0.717) is 5.32 Å². The largest absolute Gasteiger partial charge is 0.460 e. The lowest BCUT2D eigenvalue weighted by Gasteiger charge is -2.38. The van der Waals surface area contributed by atoms with Gasteiger partial charge >= 0.3 is 42.1 Å². The molecule has 2 N–H and O–H groups in total. The third-order valence-corrected chi connectivity index (χ3v) is 2.83. The lowest BCUT2D eigenvalue weighted by molar-refractivity contribution is -0.487. The van der Waals surface area contributed by atoms with Crippen molar-refractivity contribution >= 4 is 5.91 Å². The first-order chi connectivity index (χ1) is 12.4. The number of alkyl halides is 15. The number of halogens is 15. The highest BCUT2D eigenvalue weighted by atomic mass is 19.4. The van der Waals surface area contributed by atoms with Gasteiger partial charge in [0.05, 0.1) is 6.61 Å². The lowest BCUT2D eigenvalue weighted by Crippen LogP contribution is -2.69. The molecule has 0 aromatic carbocycles. The van der Waals surface area contributed by atoms with Crippen LogP contribution in [0.25, 0.3) is 0 Å². The van der Waals surface area contributed by atoms with Gasteiger partial charge in [-0.2, -0.15) is 65.9 Å². The molecule has 1 atom stereocenters. The summed E-state index contributed by atoms with van der Waals surface area (Å²) in [4.78, 5) is 10.9. The SMILES string of the molecule is O=C(NCCO)[C@@](F)(OC(F)(F)C(F)(F)C(F)(F)C(F)(F)C(F)(F)F)C(F)(F)F. The molecule has 0 aliphatic carbocycles. The van der Waals surface area contributed by atoms with Crippen LogP contribution in [0.1, 0.15) is 0 Å². The summed E-state index contributed by atoms with van der Waals surface area (Å²) < 4.78 is 192. The van der Waals surface area contributed by atoms with Gasteiger partial charge in [0, 0.05) is 6.54 Å². The Morgan fingerprint density at radius 3 is 1.41 bits per heavy atom. The maximum atomic E-state index is 13.7. The van der Waals surface area contributed by atoms with Crippen LogP contribution in [0.4, 0.5) is 65.9 Å². The van der Waals surface area contributed by atoms with Crippen molar-refractivity contribution in [1.29, 1.82) is 0 Å². The van der Waals surface area contributed by atoms with E-state index in [1.165, 1.54) is 0 Å². The summed E-state index contributed by atoms with van der Waals surface area (Å²) in [5.74, 6) is -34.4. The topological polar surface area (TPSA) is 58.6 Å². The van der Waals surface area contributed by atoms with Crippen molar-refractivity contribution in [2.24, 2.45) is 0 Å². The zero-order valence-corrected chi connectivity index (χ0v) is 12.8. The van der Waals surface area contributed by atoms with E-state index in [0.717, 1.165) is 0 Å². The van der Waals surface area contributed by atoms with Crippen LogP contribution in [0.2, 0.25) is 0 Å². The van der Waals surface area contributed by atoms with Crippen LogP contribution in [0.3, 0.4) is 0 Å². The van der Waals surface area contributed by atoms with Crippen molar-refractivity contribution in [3.8, 4) is 0 Å². The molecule has 29 heavy (non-hydrogen) atoms. The number of hydrogen-bond donors (Lipinski definition) is 2. The van der Waals surface area contributed by atoms with Crippen LogP contribution in [0, 0.1) is 0 Å². The Morgan fingerprint density at radius 1 is 0.690 bits per heavy atom. The van der Waals surface area contributed by atoms with Gasteiger partial charge in [-0.25, -0.2) is 0 Å². The van der Waals surface area contributed by atoms with Crippen molar-refractivity contribution in [2.75, 3.05) is 13.2 Å². The molecule has 0 spiro atoms. The minimum Gasteiger partial charge on any atom is -0.395 e. The Morgan fingerprint density at radius 2 is 1.10 bits per heavy atom. The van der Waals surface area contributed by atoms with Crippen LogP contribution in [0.15, 0.2) is 0 Å². The highest BCUT2D eigenvalue weighted by molar-refractivity contribution is 5.84. The van der Waals surface area contributed by atoms with Crippen molar-refractivity contribution in [2.45, 2.75) is 42.1 Å². The molecule has 0 unspecified atom stereocenters. The van der Waals surface area contributed by atoms with E-state index in [1.54, 1.807) is 4.74 Å². The van der Waals surface area contributed by atoms with Gasteiger partial charge in [0.1, 0.15) is 0 Å². The van der Waals surface area contributed by atoms with Crippen LogP contribution in [-0.4, -0.2) is 66.2 Å². The first kappa shape index (κ1) is 27.3. The third kappa shape index (κ3) is 4.43. The van der Waals surface area contributed by atoms with Crippen molar-refractivity contribution in [3.63, 3.8) is 0 Å². The second-order valence-corrected chi connectivity index (χ2v) is 4.91. The van der Waals surface area contributed by atoms with Crippen LogP contribution in [0.5, 0.6) is 0 Å². The molecule has 0 saturated heterocycles. The molecule has 0 radical (unpaired) electrons. The summed E-state index contributed by atoms with van der Waals surface area (Å²) in [5, 5.41) is 8.85. The van der Waals surface area contributed by atoms with E-state index in [2.05, 4.69) is 0 Å². The van der Waals surface area contributed by atoms with Gasteiger partial charge in [-0.05, 0) is 0 Å². The first-order valence-corrected chi connectivity index (χ1v) is 6.37. The second-order valence-electron chi connectivity index (χ2n) is 4.91. The molecule has 0 rings (SSSR count). The summed E-state index contributed by atoms with van der Waals surface area (Å²) in [6.07, 6.45) is -22.4. The number of amides is 1. The zero-order valence-electron chi connectivity index (χ0n) is 12.8. The Labute approximate surface area is 148 Å². The summed E-state index contributed by atoms with van der Waals surface area (Å²) in [6.45, 7) is -2.67. The maximum Gasteiger partial charge on any atom is 0.460 e. The third-order valence-electron chi connectivity index (χ3n) is 2.83. The molecule has 0 fully saturated rings. The minimum absolute atomic E-state index is 0.644. The van der Waals surface area contributed by atoms with Gasteiger partial charge in [-0.3, -0.25) is 9.53 Å². The Balaban J connectivity index is 6.34. The molecule has 0 bridgehead atoms. The fraction of sp³-hybridized carbons (Fsp3) is 0.900. The van der Waals surface area contributed by atoms with E-state index in [-0.39, 0.29) is 0 Å². The molecule has 174 valence electrons. The highest BCUT2D eigenvalue weighted by Gasteiger charge is 2.89. The normalized spacial score (nSPS) is 17.1. The molecule has 0 aliphatic heterocycles. The molecule has 0 aliphatic rings. The Kier molecular flexibility index (Phi) is 7.11. The predicted molar refractivity (Wildman–Crippen MR) is 56.9 cm³/mol. The van der Waals surface area contributed by atoms with Gasteiger partial charge in [0.25, 0.3) is 5.91 Å². The molecule has 19 heteroatoms. The summed E-state index contributed by atoms with van der Waals surface area (Å²) in [6, 6.07) is 0. The van der Waals surface area contributed by atoms with Gasteiger partial charge in [-0.15, -0.1) is 0 Å². The molecule has 4 nitrogen and oxygen atoms in total. The van der Waals surface area contributed by atoms with E-state index in [1.807, 2.05) is 0 Å². The van der Waals surface area contributed by atoms with E-state index < -0.39 is 61.1 Å². The fourth-order valence-electron chi connectivity index (χ4n) is 1.31. The van der Waals surface area contributed by atoms with Crippen LogP contribution < -0.4 is 5.32 Å². The molecular weight excluding hydrogens is 467 g/mol. The number of aliphatic hydroxyl groups is 1. The number of carbonyl (C=O) groups excluding carboxylic acids is 1. The number of ether oxygens (including phenoxy) is 1. The molecule has 0 aromatic rings. The van der Waals surface area contributed by atoms with E-state index >= 15 is 0 Å². The molecule has 1 amide bonds. The van der Waals surface area contributed by atoms with Crippen molar-refractivity contribution < 1.29 is 80.5 Å². The number of nitrogens with one attached hydrogen (secondary N) is 1. The number of hydrogen-bond acceptors (Lipinski definition) is 3. The lowest BCUT2D eigenvalue weighted by atomic mass is 10.0. The Hall–Kier alpha value is -1.66. The second kappa shape index (κ2) is 7.55. The average molecular weight is 473 g/mol. The smallest absolute Gasteiger partial charge is 0.395 e. The van der Waals surface area contributed by atoms with Gasteiger partial charge in [-0.1, -0.05) is 0 Å². The van der Waals surface area contributed by atoms with Gasteiger partial charge < -0.3 is 10.4 Å². The van der Waals surface area contributed by atoms with Crippen LogP contribution >= 0.6 is 0 Å². The molecular formula is C10H6F15NO3. The Bertz CT molecular complexity index is 598. The fourth-order valence-corrected chi connectivity index (χ4v) is 1.31. The molecule has 0 heterocycles. The number of aliphatic hydroxyl groups excluding tert-OH is 1. The maximum absolute atomic E-state index is 13.7. The quantitative estimate of drug-likeness (QED) is 0.532. The molecule has 0 saturated carbocycles. The summed E-state index contributed by atoms with van der Waals surface area (Å²) >= 11 is 0. The number of carbonyl (C=O) groups is 1. The van der Waals surface area contributed by atoms with Gasteiger partial charge in [0.15, 0.2) is 0 Å². The standard InChI is InChI=1S/C10H6F15NO3/c11-4(8(18,19)20,3(28)26-1-2-27)29-10(24,25)7(16,17)5(12,13)6(14,15)9(21,22)23/h27H,1-2H2,(H,26,28)/t4-/m1/s1. The predicted octanol–water partition coefficient (Wildman–Crippen LogP) is 3.40. The summed E-state index contributed by atoms with van der Waals surface area (Å²) in [7, 11) is 0. The highest BCUT2D eigenvalue weighted by Crippen LogP contribution is 2.58. The average Bonchev–Trinajstić information content (AvgIpc) is 2.49. The monoisotopic (exact) mass is 473 g/mol. The summed E-state index contributed by atoms with van der Waals surface area (Å²) in [5.41, 5.74) is 0. The van der Waals surface area contributed by atoms with Crippen molar-refractivity contribution in [3.05, 3.63) is 0 Å². The zero-order chi connectivity index (χ0) is 23.9. The van der Waals surface area contributed by atoms with E-state index in [9.17, 15) is 70.7 Å². The van der Waals surface area contributed by atoms with E-state index in [4.69, 9.17) is 5.11 Å².